The zero-order chi connectivity index (χ0) is 21.2. The second kappa shape index (κ2) is 10.9. The van der Waals surface area contributed by atoms with E-state index < -0.39 is 5.97 Å². The van der Waals surface area contributed by atoms with E-state index >= 15 is 0 Å². The molecule has 0 bridgehead atoms. The summed E-state index contributed by atoms with van der Waals surface area (Å²) >= 11 is 0. The van der Waals surface area contributed by atoms with Gasteiger partial charge >= 0.3 is 5.97 Å². The quantitative estimate of drug-likeness (QED) is 0.355. The number of carbonyl (C=O) groups is 2. The van der Waals surface area contributed by atoms with Crippen LogP contribution in [0.2, 0.25) is 0 Å². The van der Waals surface area contributed by atoms with Gasteiger partial charge in [-0.3, -0.25) is 9.59 Å². The van der Waals surface area contributed by atoms with Gasteiger partial charge in [-0.25, -0.2) is 0 Å². The van der Waals surface area contributed by atoms with E-state index in [0.29, 0.717) is 36.3 Å². The second-order valence-electron chi connectivity index (χ2n) is 6.90. The maximum absolute atomic E-state index is 12.7. The SMILES string of the molecule is O=C(O)CCCCC=C(COc1cccc2ccccc12)C(=O)NCc1ccco1. The minimum atomic E-state index is -0.810. The Labute approximate surface area is 175 Å². The molecule has 0 fully saturated rings. The smallest absolute Gasteiger partial charge is 0.303 e. The molecule has 156 valence electrons. The molecular weight excluding hydrogens is 382 g/mol. The van der Waals surface area contributed by atoms with E-state index in [1.807, 2.05) is 48.5 Å². The van der Waals surface area contributed by atoms with E-state index in [1.165, 1.54) is 0 Å². The van der Waals surface area contributed by atoms with Crippen LogP contribution < -0.4 is 10.1 Å². The van der Waals surface area contributed by atoms with Gasteiger partial charge in [-0.1, -0.05) is 42.5 Å². The molecule has 0 saturated carbocycles. The number of carbonyl (C=O) groups excluding carboxylic acids is 1. The lowest BCUT2D eigenvalue weighted by molar-refractivity contribution is -0.137. The Morgan fingerprint density at radius 1 is 1.03 bits per heavy atom. The molecule has 0 atom stereocenters. The fourth-order valence-corrected chi connectivity index (χ4v) is 3.09. The number of benzene rings is 2. The van der Waals surface area contributed by atoms with E-state index in [4.69, 9.17) is 14.3 Å². The van der Waals surface area contributed by atoms with E-state index in [1.54, 1.807) is 18.4 Å². The molecule has 0 saturated heterocycles. The van der Waals surface area contributed by atoms with Crippen LogP contribution in [-0.2, 0) is 16.1 Å². The van der Waals surface area contributed by atoms with Crippen LogP contribution in [0.3, 0.4) is 0 Å². The third kappa shape index (κ3) is 6.24. The zero-order valence-corrected chi connectivity index (χ0v) is 16.7. The standard InChI is InChI=1S/C24H25NO5/c26-23(27)14-3-1-2-9-19(24(28)25-16-20-11-7-15-29-20)17-30-22-13-6-10-18-8-4-5-12-21(18)22/h4-13,15H,1-3,14,16-17H2,(H,25,28)(H,26,27). The first-order valence-corrected chi connectivity index (χ1v) is 9.95. The van der Waals surface area contributed by atoms with Crippen molar-refractivity contribution >= 4 is 22.6 Å². The number of ether oxygens (including phenoxy) is 1. The number of amides is 1. The molecule has 30 heavy (non-hydrogen) atoms. The molecular formula is C24H25NO5. The molecule has 0 unspecified atom stereocenters. The minimum absolute atomic E-state index is 0.122. The molecule has 2 N–H and O–H groups in total. The van der Waals surface area contributed by atoms with Crippen molar-refractivity contribution in [3.8, 4) is 5.75 Å². The molecule has 0 spiro atoms. The Hall–Kier alpha value is -3.54. The van der Waals surface area contributed by atoms with Crippen LogP contribution in [0.4, 0.5) is 0 Å². The summed E-state index contributed by atoms with van der Waals surface area (Å²) in [6, 6.07) is 17.3. The lowest BCUT2D eigenvalue weighted by Gasteiger charge is -2.12. The van der Waals surface area contributed by atoms with Gasteiger partial charge in [0.15, 0.2) is 0 Å². The van der Waals surface area contributed by atoms with Crippen molar-refractivity contribution in [2.75, 3.05) is 6.61 Å². The molecule has 0 aliphatic rings. The maximum Gasteiger partial charge on any atom is 0.303 e. The Balaban J connectivity index is 1.65. The predicted octanol–water partition coefficient (Wildman–Crippen LogP) is 4.70. The third-order valence-corrected chi connectivity index (χ3v) is 4.66. The summed E-state index contributed by atoms with van der Waals surface area (Å²) < 4.78 is 11.2. The summed E-state index contributed by atoms with van der Waals surface area (Å²) in [5.74, 6) is 0.336. The van der Waals surface area contributed by atoms with Gasteiger partial charge in [-0.2, -0.15) is 0 Å². The van der Waals surface area contributed by atoms with E-state index in [9.17, 15) is 9.59 Å². The van der Waals surface area contributed by atoms with Crippen LogP contribution >= 0.6 is 0 Å². The molecule has 6 heteroatoms. The van der Waals surface area contributed by atoms with Gasteiger partial charge < -0.3 is 19.6 Å². The number of unbranched alkanes of at least 4 members (excludes halogenated alkanes) is 2. The molecule has 1 heterocycles. The first-order valence-electron chi connectivity index (χ1n) is 9.95. The van der Waals surface area contributed by atoms with Gasteiger partial charge in [0.25, 0.3) is 5.91 Å². The van der Waals surface area contributed by atoms with Crippen LogP contribution in [-0.4, -0.2) is 23.6 Å². The Morgan fingerprint density at radius 2 is 1.87 bits per heavy atom. The number of fused-ring (bicyclic) bond motifs is 1. The van der Waals surface area contributed by atoms with Crippen molar-refractivity contribution in [3.05, 3.63) is 78.3 Å². The molecule has 2 aromatic carbocycles. The average Bonchev–Trinajstić information content (AvgIpc) is 3.27. The van der Waals surface area contributed by atoms with Gasteiger partial charge in [-0.05, 0) is 42.8 Å². The Morgan fingerprint density at radius 3 is 2.67 bits per heavy atom. The first-order chi connectivity index (χ1) is 14.6. The number of aliphatic carboxylic acids is 1. The summed E-state index contributed by atoms with van der Waals surface area (Å²) in [6.45, 7) is 0.410. The van der Waals surface area contributed by atoms with E-state index in [-0.39, 0.29) is 25.5 Å². The highest BCUT2D eigenvalue weighted by Crippen LogP contribution is 2.25. The summed E-state index contributed by atoms with van der Waals surface area (Å²) in [5.41, 5.74) is 0.504. The Bertz CT molecular complexity index is 1000. The third-order valence-electron chi connectivity index (χ3n) is 4.66. The molecule has 1 aromatic heterocycles. The van der Waals surface area contributed by atoms with Crippen LogP contribution in [0.25, 0.3) is 10.8 Å². The van der Waals surface area contributed by atoms with Crippen molar-refractivity contribution in [1.29, 1.82) is 0 Å². The van der Waals surface area contributed by atoms with Crippen LogP contribution in [0.15, 0.2) is 76.9 Å². The van der Waals surface area contributed by atoms with E-state index in [2.05, 4.69) is 5.32 Å². The van der Waals surface area contributed by atoms with Crippen molar-refractivity contribution in [1.82, 2.24) is 5.32 Å². The normalized spacial score (nSPS) is 11.4. The molecule has 0 aliphatic heterocycles. The largest absolute Gasteiger partial charge is 0.488 e. The lowest BCUT2D eigenvalue weighted by atomic mass is 10.1. The molecule has 0 aliphatic carbocycles. The summed E-state index contributed by atoms with van der Waals surface area (Å²) in [7, 11) is 0. The molecule has 0 radical (unpaired) electrons. The number of nitrogens with one attached hydrogen (secondary N) is 1. The van der Waals surface area contributed by atoms with Crippen molar-refractivity contribution in [2.24, 2.45) is 0 Å². The second-order valence-corrected chi connectivity index (χ2v) is 6.90. The molecule has 3 rings (SSSR count). The fourth-order valence-electron chi connectivity index (χ4n) is 3.09. The predicted molar refractivity (Wildman–Crippen MR) is 114 cm³/mol. The maximum atomic E-state index is 12.7. The highest BCUT2D eigenvalue weighted by atomic mass is 16.5. The van der Waals surface area contributed by atoms with Gasteiger partial charge in [-0.15, -0.1) is 0 Å². The van der Waals surface area contributed by atoms with Gasteiger partial charge in [0.1, 0.15) is 18.1 Å². The highest BCUT2D eigenvalue weighted by molar-refractivity contribution is 5.94. The summed E-state index contributed by atoms with van der Waals surface area (Å²) in [6.07, 6.45) is 5.37. The van der Waals surface area contributed by atoms with Gasteiger partial charge in [0, 0.05) is 11.8 Å². The lowest BCUT2D eigenvalue weighted by Crippen LogP contribution is -2.27. The first kappa shape index (κ1) is 21.2. The van der Waals surface area contributed by atoms with Crippen LogP contribution in [0.5, 0.6) is 5.75 Å². The van der Waals surface area contributed by atoms with Gasteiger partial charge in [0.05, 0.1) is 18.4 Å². The van der Waals surface area contributed by atoms with E-state index in [0.717, 1.165) is 10.8 Å². The number of hydrogen-bond donors (Lipinski definition) is 2. The highest BCUT2D eigenvalue weighted by Gasteiger charge is 2.12. The number of rotatable bonds is 11. The number of carboxylic acids is 1. The zero-order valence-electron chi connectivity index (χ0n) is 16.7. The summed E-state index contributed by atoms with van der Waals surface area (Å²) in [4.78, 5) is 23.4. The Kier molecular flexibility index (Phi) is 7.66. The topological polar surface area (TPSA) is 88.8 Å². The van der Waals surface area contributed by atoms with Crippen LogP contribution in [0.1, 0.15) is 31.4 Å². The molecule has 6 nitrogen and oxygen atoms in total. The van der Waals surface area contributed by atoms with Crippen molar-refractivity contribution < 1.29 is 23.8 Å². The monoisotopic (exact) mass is 407 g/mol. The number of hydrogen-bond acceptors (Lipinski definition) is 4. The molecule has 1 amide bonds. The number of allylic oxidation sites excluding steroid dienone is 1. The van der Waals surface area contributed by atoms with Gasteiger partial charge in [0.2, 0.25) is 0 Å². The average molecular weight is 407 g/mol. The minimum Gasteiger partial charge on any atom is -0.488 e. The molecule has 3 aromatic rings. The van der Waals surface area contributed by atoms with Crippen LogP contribution in [0, 0.1) is 0 Å². The number of carboxylic acid groups (broad SMARTS) is 1. The fraction of sp³-hybridized carbons (Fsp3) is 0.250. The number of furan rings is 1. The van der Waals surface area contributed by atoms with Crippen molar-refractivity contribution in [3.63, 3.8) is 0 Å². The summed E-state index contributed by atoms with van der Waals surface area (Å²) in [5, 5.41) is 13.7. The van der Waals surface area contributed by atoms with Crippen molar-refractivity contribution in [2.45, 2.75) is 32.2 Å².